The van der Waals surface area contributed by atoms with Crippen LogP contribution < -0.4 is 20.7 Å². The van der Waals surface area contributed by atoms with Crippen molar-refractivity contribution in [2.24, 2.45) is 0 Å². The minimum Gasteiger partial charge on any atom is -0.484 e. The van der Waals surface area contributed by atoms with E-state index in [1.54, 1.807) is 43.3 Å². The SMILES string of the molecule is C[C@]1(c2cccc(NC(=O)COc3ccccc3)c2)NC(=O)NC1=O. The van der Waals surface area contributed by atoms with Crippen molar-refractivity contribution < 1.29 is 19.1 Å². The number of hydrogen-bond acceptors (Lipinski definition) is 4. The lowest BCUT2D eigenvalue weighted by atomic mass is 9.92. The van der Waals surface area contributed by atoms with E-state index < -0.39 is 17.5 Å². The van der Waals surface area contributed by atoms with Gasteiger partial charge in [-0.3, -0.25) is 14.9 Å². The van der Waals surface area contributed by atoms with Gasteiger partial charge in [-0.1, -0.05) is 30.3 Å². The number of carbonyl (C=O) groups excluding carboxylic acids is 3. The summed E-state index contributed by atoms with van der Waals surface area (Å²) in [5.41, 5.74) is -0.0924. The molecule has 0 bridgehead atoms. The molecule has 1 atom stereocenters. The highest BCUT2D eigenvalue weighted by Crippen LogP contribution is 2.26. The maximum atomic E-state index is 12.0. The van der Waals surface area contributed by atoms with Crippen LogP contribution >= 0.6 is 0 Å². The second kappa shape index (κ2) is 6.64. The van der Waals surface area contributed by atoms with Gasteiger partial charge >= 0.3 is 6.03 Å². The number of carbonyl (C=O) groups is 3. The Labute approximate surface area is 144 Å². The molecule has 0 aliphatic carbocycles. The summed E-state index contributed by atoms with van der Waals surface area (Å²) in [5.74, 6) is -0.163. The first-order valence-electron chi connectivity index (χ1n) is 7.69. The molecule has 1 aliphatic heterocycles. The first-order chi connectivity index (χ1) is 12.0. The van der Waals surface area contributed by atoms with Crippen LogP contribution in [0.1, 0.15) is 12.5 Å². The zero-order valence-electron chi connectivity index (χ0n) is 13.5. The Kier molecular flexibility index (Phi) is 4.38. The Hall–Kier alpha value is -3.35. The third-order valence-corrected chi connectivity index (χ3v) is 3.88. The second-order valence-corrected chi connectivity index (χ2v) is 5.76. The van der Waals surface area contributed by atoms with Crippen molar-refractivity contribution >= 4 is 23.5 Å². The van der Waals surface area contributed by atoms with Gasteiger partial charge in [-0.2, -0.15) is 0 Å². The molecule has 1 heterocycles. The number of rotatable bonds is 5. The normalized spacial score (nSPS) is 19.1. The Morgan fingerprint density at radius 3 is 2.56 bits per heavy atom. The van der Waals surface area contributed by atoms with Gasteiger partial charge in [-0.05, 0) is 36.8 Å². The number of anilines is 1. The molecular weight excluding hydrogens is 322 g/mol. The molecule has 2 aromatic rings. The van der Waals surface area contributed by atoms with E-state index in [-0.39, 0.29) is 12.5 Å². The predicted molar refractivity (Wildman–Crippen MR) is 91.0 cm³/mol. The minimum atomic E-state index is -1.17. The number of para-hydroxylation sites is 1. The van der Waals surface area contributed by atoms with E-state index in [0.717, 1.165) is 0 Å². The molecule has 1 aliphatic rings. The molecule has 0 spiro atoms. The maximum Gasteiger partial charge on any atom is 0.322 e. The lowest BCUT2D eigenvalue weighted by molar-refractivity contribution is -0.123. The lowest BCUT2D eigenvalue weighted by Crippen LogP contribution is -2.40. The van der Waals surface area contributed by atoms with Crippen LogP contribution in [0.5, 0.6) is 5.75 Å². The number of imide groups is 1. The van der Waals surface area contributed by atoms with Gasteiger partial charge in [-0.25, -0.2) is 4.79 Å². The van der Waals surface area contributed by atoms with Crippen molar-refractivity contribution in [1.82, 2.24) is 10.6 Å². The van der Waals surface area contributed by atoms with Crippen LogP contribution in [0, 0.1) is 0 Å². The second-order valence-electron chi connectivity index (χ2n) is 5.76. The van der Waals surface area contributed by atoms with Crippen LogP contribution in [0.15, 0.2) is 54.6 Å². The van der Waals surface area contributed by atoms with E-state index >= 15 is 0 Å². The summed E-state index contributed by atoms with van der Waals surface area (Å²) in [4.78, 5) is 35.4. The van der Waals surface area contributed by atoms with E-state index in [4.69, 9.17) is 4.74 Å². The van der Waals surface area contributed by atoms with Crippen molar-refractivity contribution in [3.63, 3.8) is 0 Å². The van der Waals surface area contributed by atoms with Crippen molar-refractivity contribution in [3.8, 4) is 5.75 Å². The van der Waals surface area contributed by atoms with Crippen LogP contribution in [0.3, 0.4) is 0 Å². The molecule has 0 unspecified atom stereocenters. The van der Waals surface area contributed by atoms with Gasteiger partial charge in [0.15, 0.2) is 6.61 Å². The molecule has 3 N–H and O–H groups in total. The molecule has 3 rings (SSSR count). The molecule has 1 fully saturated rings. The van der Waals surface area contributed by atoms with E-state index in [1.807, 2.05) is 18.2 Å². The van der Waals surface area contributed by atoms with Crippen LogP contribution in [-0.2, 0) is 15.1 Å². The molecule has 0 radical (unpaired) electrons. The van der Waals surface area contributed by atoms with Gasteiger partial charge in [0.05, 0.1) is 0 Å². The number of amides is 4. The summed E-state index contributed by atoms with van der Waals surface area (Å²) >= 11 is 0. The number of nitrogens with one attached hydrogen (secondary N) is 3. The first kappa shape index (κ1) is 16.5. The van der Waals surface area contributed by atoms with Gasteiger partial charge in [0.25, 0.3) is 11.8 Å². The Balaban J connectivity index is 1.67. The number of hydrogen-bond donors (Lipinski definition) is 3. The Morgan fingerprint density at radius 2 is 1.88 bits per heavy atom. The summed E-state index contributed by atoms with van der Waals surface area (Å²) in [6.07, 6.45) is 0. The average molecular weight is 339 g/mol. The maximum absolute atomic E-state index is 12.0. The fourth-order valence-electron chi connectivity index (χ4n) is 2.52. The summed E-state index contributed by atoms with van der Waals surface area (Å²) < 4.78 is 5.39. The van der Waals surface area contributed by atoms with E-state index in [1.165, 1.54) is 0 Å². The van der Waals surface area contributed by atoms with Crippen molar-refractivity contribution in [1.29, 1.82) is 0 Å². The number of urea groups is 1. The molecule has 25 heavy (non-hydrogen) atoms. The molecule has 4 amide bonds. The zero-order valence-corrected chi connectivity index (χ0v) is 13.5. The van der Waals surface area contributed by atoms with Crippen molar-refractivity contribution in [2.45, 2.75) is 12.5 Å². The first-order valence-corrected chi connectivity index (χ1v) is 7.69. The van der Waals surface area contributed by atoms with Crippen LogP contribution in [0.4, 0.5) is 10.5 Å². The predicted octanol–water partition coefficient (Wildman–Crippen LogP) is 1.76. The number of benzene rings is 2. The fraction of sp³-hybridized carbons (Fsp3) is 0.167. The molecule has 2 aromatic carbocycles. The molecule has 0 saturated carbocycles. The zero-order chi connectivity index (χ0) is 17.9. The fourth-order valence-corrected chi connectivity index (χ4v) is 2.52. The average Bonchev–Trinajstić information content (AvgIpc) is 2.87. The van der Waals surface area contributed by atoms with Crippen LogP contribution in [-0.4, -0.2) is 24.5 Å². The van der Waals surface area contributed by atoms with Gasteiger partial charge in [-0.15, -0.1) is 0 Å². The minimum absolute atomic E-state index is 0.136. The summed E-state index contributed by atoms with van der Waals surface area (Å²) in [6.45, 7) is 1.47. The Bertz CT molecular complexity index is 822. The van der Waals surface area contributed by atoms with Gasteiger partial charge in [0, 0.05) is 5.69 Å². The smallest absolute Gasteiger partial charge is 0.322 e. The van der Waals surface area contributed by atoms with Gasteiger partial charge < -0.3 is 15.4 Å². The highest BCUT2D eigenvalue weighted by Gasteiger charge is 2.43. The lowest BCUT2D eigenvalue weighted by Gasteiger charge is -2.21. The quantitative estimate of drug-likeness (QED) is 0.723. The molecule has 7 heteroatoms. The summed E-state index contributed by atoms with van der Waals surface area (Å²) in [5, 5.41) is 7.51. The highest BCUT2D eigenvalue weighted by molar-refractivity contribution is 6.07. The third kappa shape index (κ3) is 3.60. The standard InChI is InChI=1S/C18H17N3O4/c1-18(16(23)20-17(24)21-18)12-6-5-7-13(10-12)19-15(22)11-25-14-8-3-2-4-9-14/h2-10H,11H2,1H3,(H,19,22)(H2,20,21,23,24)/t18-/m1/s1. The largest absolute Gasteiger partial charge is 0.484 e. The highest BCUT2D eigenvalue weighted by atomic mass is 16.5. The molecular formula is C18H17N3O4. The van der Waals surface area contributed by atoms with Gasteiger partial charge in [0.1, 0.15) is 11.3 Å². The van der Waals surface area contributed by atoms with E-state index in [9.17, 15) is 14.4 Å². The monoisotopic (exact) mass is 339 g/mol. The number of ether oxygens (including phenoxy) is 1. The Morgan fingerprint density at radius 1 is 1.12 bits per heavy atom. The van der Waals surface area contributed by atoms with Crippen molar-refractivity contribution in [3.05, 3.63) is 60.2 Å². The topological polar surface area (TPSA) is 96.5 Å². The van der Waals surface area contributed by atoms with Crippen LogP contribution in [0.25, 0.3) is 0 Å². The third-order valence-electron chi connectivity index (χ3n) is 3.88. The van der Waals surface area contributed by atoms with Crippen molar-refractivity contribution in [2.75, 3.05) is 11.9 Å². The molecule has 128 valence electrons. The van der Waals surface area contributed by atoms with E-state index in [2.05, 4.69) is 16.0 Å². The van der Waals surface area contributed by atoms with E-state index in [0.29, 0.717) is 17.0 Å². The van der Waals surface area contributed by atoms with Crippen LogP contribution in [0.2, 0.25) is 0 Å². The summed E-state index contributed by atoms with van der Waals surface area (Å²) in [7, 11) is 0. The van der Waals surface area contributed by atoms with Gasteiger partial charge in [0.2, 0.25) is 0 Å². The molecule has 0 aromatic heterocycles. The molecule has 1 saturated heterocycles. The molecule has 7 nitrogen and oxygen atoms in total. The summed E-state index contributed by atoms with van der Waals surface area (Å²) in [6, 6.07) is 15.2.